The van der Waals surface area contributed by atoms with Crippen molar-refractivity contribution in [2.75, 3.05) is 126 Å². The van der Waals surface area contributed by atoms with Crippen LogP contribution in [0.15, 0.2) is 292 Å². The first-order valence-electron chi connectivity index (χ1n) is 52.3. The summed E-state index contributed by atoms with van der Waals surface area (Å²) in [7, 11) is -5.84. The molecule has 22 nitrogen and oxygen atoms in total. The van der Waals surface area contributed by atoms with Gasteiger partial charge in [0.2, 0.25) is 0 Å². The first kappa shape index (κ1) is 107. The molecule has 0 amide bonds. The largest absolute Gasteiger partial charge is 0.490 e. The van der Waals surface area contributed by atoms with Crippen molar-refractivity contribution in [1.29, 1.82) is 0 Å². The lowest BCUT2D eigenvalue weighted by Gasteiger charge is -2.39. The second kappa shape index (κ2) is 49.7. The molecule has 0 aliphatic carbocycles. The zero-order valence-electron chi connectivity index (χ0n) is 88.7. The number of fused-ring (bicyclic) bond motifs is 8. The van der Waals surface area contributed by atoms with Crippen LogP contribution >= 0.6 is 0 Å². The zero-order chi connectivity index (χ0) is 104. The lowest BCUT2D eigenvalue weighted by molar-refractivity contribution is 0.0753. The van der Waals surface area contributed by atoms with Crippen LogP contribution in [0.5, 0.6) is 69.0 Å². The van der Waals surface area contributed by atoms with Gasteiger partial charge < -0.3 is 84.7 Å². The van der Waals surface area contributed by atoms with Crippen molar-refractivity contribution in [1.82, 2.24) is 19.6 Å². The Morgan fingerprint density at radius 2 is 0.584 bits per heavy atom. The van der Waals surface area contributed by atoms with E-state index in [9.17, 15) is 0 Å². The van der Waals surface area contributed by atoms with Crippen LogP contribution in [-0.4, -0.2) is 151 Å². The number of terminal acetylenes is 2. The van der Waals surface area contributed by atoms with Gasteiger partial charge in [0.1, 0.15) is 122 Å². The van der Waals surface area contributed by atoms with Crippen LogP contribution in [0.25, 0.3) is 0 Å². The molecule has 149 heavy (non-hydrogen) atoms. The normalized spacial score (nSPS) is 15.5. The third-order valence-electron chi connectivity index (χ3n) is 28.6. The molecular formula is C124H146N8O14Si3. The van der Waals surface area contributed by atoms with Gasteiger partial charge in [0, 0.05) is 157 Å². The Balaban J connectivity index is 0.000000137. The molecule has 1 atom stereocenters. The molecule has 0 spiro atoms. The van der Waals surface area contributed by atoms with Crippen LogP contribution in [0.3, 0.4) is 0 Å². The maximum atomic E-state index is 6.85. The Morgan fingerprint density at radius 1 is 0.322 bits per heavy atom. The van der Waals surface area contributed by atoms with E-state index in [4.69, 9.17) is 77.9 Å². The van der Waals surface area contributed by atoms with Crippen LogP contribution in [-0.2, 0) is 71.4 Å². The summed E-state index contributed by atoms with van der Waals surface area (Å²) >= 11 is 0. The number of ether oxygens (including phenoxy) is 12. The second-order valence-electron chi connectivity index (χ2n) is 42.4. The number of para-hydroxylation sites is 4. The molecule has 8 aliphatic heterocycles. The fourth-order valence-corrected chi connectivity index (χ4v) is 34.7. The van der Waals surface area contributed by atoms with Gasteiger partial charge in [0.05, 0.1) is 0 Å². The predicted octanol–water partition coefficient (Wildman–Crippen LogP) is 25.3. The van der Waals surface area contributed by atoms with Crippen LogP contribution in [0.4, 0.5) is 22.7 Å². The van der Waals surface area contributed by atoms with Crippen molar-refractivity contribution in [2.24, 2.45) is 5.92 Å². The summed E-state index contributed by atoms with van der Waals surface area (Å²) in [6.07, 6.45) is 18.8. The highest BCUT2D eigenvalue weighted by atomic mass is 28.5. The number of anilines is 4. The first-order valence-corrected chi connectivity index (χ1v) is 61.4. The van der Waals surface area contributed by atoms with E-state index in [1.807, 2.05) is 97.1 Å². The molecule has 8 aliphatic rings. The SMILES string of the molecule is C#CCOc1ccc(N2COc3ccc(C(C)(C)c4ccc5c(c4)CN(c4ccc(OCC#C)cc4)CO5)cc3C2)cc1.C=CCOc1ccc(N2COc3ccc(C(C)(C)c4ccc5c(c4)CN(c4ccc(OCC=C)cc4)CO5)cc3C2)cc1.CC(CCCN1COc2ccccc2C1)CN1COc2ccccc2C1.C[Si](C)(CCCN1COc2ccccc2C1)O[Si](C)(C)O[Si](C)(C)CCCN1COc2ccccc2C1. The molecule has 778 valence electrons. The van der Waals surface area contributed by atoms with E-state index in [0.717, 1.165) is 206 Å². The highest BCUT2D eigenvalue weighted by Gasteiger charge is 2.41. The minimum absolute atomic E-state index is 0.219. The molecule has 0 radical (unpaired) electrons. The number of rotatable bonds is 36. The molecule has 0 N–H and O–H groups in total. The maximum absolute atomic E-state index is 6.85. The molecule has 0 fully saturated rings. The lowest BCUT2D eigenvalue weighted by atomic mass is 9.77. The molecule has 8 heterocycles. The molecule has 0 bridgehead atoms. The molecule has 25 heteroatoms. The van der Waals surface area contributed by atoms with E-state index in [-0.39, 0.29) is 24.0 Å². The van der Waals surface area contributed by atoms with Gasteiger partial charge in [-0.2, -0.15) is 0 Å². The monoisotopic (exact) mass is 2060 g/mol. The summed E-state index contributed by atoms with van der Waals surface area (Å²) < 4.78 is 84.2. The quantitative estimate of drug-likeness (QED) is 0.0207. The lowest BCUT2D eigenvalue weighted by Crippen LogP contribution is -2.52. The van der Waals surface area contributed by atoms with Crippen molar-refractivity contribution >= 4 is 47.9 Å². The molecule has 20 rings (SSSR count). The van der Waals surface area contributed by atoms with Gasteiger partial charge in [0.15, 0.2) is 43.6 Å². The Bertz CT molecular complexity index is 6250. The molecule has 0 saturated carbocycles. The van der Waals surface area contributed by atoms with Gasteiger partial charge >= 0.3 is 8.56 Å². The fraction of sp³-hybridized carbons (Fsp3) is 0.355. The van der Waals surface area contributed by atoms with Gasteiger partial charge in [-0.3, -0.25) is 19.6 Å². The summed E-state index contributed by atoms with van der Waals surface area (Å²) in [6.45, 7) is 50.3. The number of hydrogen-bond donors (Lipinski definition) is 0. The Kier molecular flexibility index (Phi) is 35.6. The average Bonchev–Trinajstić information content (AvgIpc) is 0.768. The molecule has 0 saturated heterocycles. The summed E-state index contributed by atoms with van der Waals surface area (Å²) in [5, 5.41) is 0. The smallest absolute Gasteiger partial charge is 0.311 e. The van der Waals surface area contributed by atoms with Crippen LogP contribution in [0.1, 0.15) is 127 Å². The van der Waals surface area contributed by atoms with Crippen LogP contribution in [0.2, 0.25) is 51.4 Å². The predicted molar refractivity (Wildman–Crippen MR) is 604 cm³/mol. The van der Waals surface area contributed by atoms with Crippen molar-refractivity contribution in [2.45, 2.75) is 175 Å². The number of hydrogen-bond acceptors (Lipinski definition) is 22. The summed E-state index contributed by atoms with van der Waals surface area (Å²) in [5.74, 6) is 16.7. The third kappa shape index (κ3) is 28.7. The minimum Gasteiger partial charge on any atom is -0.490 e. The summed E-state index contributed by atoms with van der Waals surface area (Å²) in [4.78, 5) is 18.5. The van der Waals surface area contributed by atoms with Gasteiger partial charge in [0.25, 0.3) is 0 Å². The van der Waals surface area contributed by atoms with E-state index in [1.54, 1.807) is 12.2 Å². The van der Waals surface area contributed by atoms with E-state index in [2.05, 4.69) is 308 Å². The first-order chi connectivity index (χ1) is 72.2. The van der Waals surface area contributed by atoms with E-state index < -0.39 is 25.2 Å². The molecule has 12 aromatic carbocycles. The highest BCUT2D eigenvalue weighted by Crippen LogP contribution is 2.45. The minimum atomic E-state index is -2.20. The van der Waals surface area contributed by atoms with Crippen LogP contribution < -0.4 is 76.4 Å². The highest BCUT2D eigenvalue weighted by molar-refractivity contribution is 6.87. The van der Waals surface area contributed by atoms with Gasteiger partial charge in [-0.15, -0.1) is 12.8 Å². The standard InChI is InChI=1S/C37H38N2O4.C37H34N2O4.C28H46N2O4Si3.C22H28N2O2/c2*1-5-19-40-33-13-9-31(10-14-33)38-23-27-21-29(7-17-35(27)42-25-38)37(3,4)30-8-18-36-28(22-30)24-39(26-43-36)32-11-15-34(16-12-32)41-20-6-2;1-35(2,19-11-17-29-21-25-13-7-9-15-27(25)31-23-29)33-37(5,6)34-36(3,4)20-12-18-30-22-26-14-8-10-16-28(26)32-24-30;1-18(13-24-15-20-9-3-5-11-22(20)26-17-24)7-6-12-23-14-19-8-2-4-10-21(19)25-16-23/h5-18,21-22H,1-2,19-20,23-26H2,3-4H3;1-2,7-18,21-22H,19-20,23-26H2,3-4H3;7-10,13-16H,11-12,17-24H2,1-6H3;2-5,8-11,18H,6-7,12-17H2,1H3. The summed E-state index contributed by atoms with van der Waals surface area (Å²) in [5.41, 5.74) is 18.7. The zero-order valence-corrected chi connectivity index (χ0v) is 91.7. The van der Waals surface area contributed by atoms with E-state index in [1.165, 1.54) is 68.5 Å². The van der Waals surface area contributed by atoms with Crippen LogP contribution in [0, 0.1) is 30.6 Å². The molecule has 1 unspecified atom stereocenters. The molecule has 0 aromatic heterocycles. The summed E-state index contributed by atoms with van der Waals surface area (Å²) in [6, 6.07) is 94.2. The van der Waals surface area contributed by atoms with Crippen molar-refractivity contribution in [3.8, 4) is 93.7 Å². The Labute approximate surface area is 886 Å². The van der Waals surface area contributed by atoms with E-state index >= 15 is 0 Å². The number of nitrogens with zero attached hydrogens (tertiary/aromatic N) is 8. The molecule has 12 aromatic rings. The van der Waals surface area contributed by atoms with E-state index in [0.29, 0.717) is 73.0 Å². The Hall–Kier alpha value is -13.5. The van der Waals surface area contributed by atoms with Gasteiger partial charge in [-0.05, 0) is 275 Å². The maximum Gasteiger partial charge on any atom is 0.311 e. The van der Waals surface area contributed by atoms with Gasteiger partial charge in [-0.1, -0.05) is 169 Å². The van der Waals surface area contributed by atoms with Crippen molar-refractivity contribution in [3.05, 3.63) is 359 Å². The second-order valence-corrected chi connectivity index (χ2v) is 54.8. The van der Waals surface area contributed by atoms with Gasteiger partial charge in [-0.25, -0.2) is 0 Å². The molecular weight excluding hydrogens is 1910 g/mol. The van der Waals surface area contributed by atoms with Crippen molar-refractivity contribution in [3.63, 3.8) is 0 Å². The number of benzene rings is 12. The Morgan fingerprint density at radius 3 is 0.879 bits per heavy atom. The van der Waals surface area contributed by atoms with Crippen molar-refractivity contribution < 1.29 is 65.1 Å². The average molecular weight is 2060 g/mol. The topological polar surface area (TPSA) is 155 Å². The fourth-order valence-electron chi connectivity index (χ4n) is 20.6. The third-order valence-corrected chi connectivity index (χ3v) is 40.1.